The fourth-order valence-corrected chi connectivity index (χ4v) is 4.63. The lowest BCUT2D eigenvalue weighted by Gasteiger charge is -2.21. The largest absolute Gasteiger partial charge is 0.466 e. The fourth-order valence-electron chi connectivity index (χ4n) is 4.63. The van der Waals surface area contributed by atoms with Crippen LogP contribution in [0.15, 0.2) is 48.6 Å². The van der Waals surface area contributed by atoms with Gasteiger partial charge in [0.15, 0.2) is 0 Å². The predicted octanol–water partition coefficient (Wildman–Crippen LogP) is 3.94. The van der Waals surface area contributed by atoms with Crippen LogP contribution in [-0.4, -0.2) is 26.2 Å². The molecule has 0 N–H and O–H groups in total. The number of hydrogen-bond donors (Lipinski definition) is 0. The Balaban J connectivity index is 1.51. The fraction of sp³-hybridized carbons (Fsp3) is 0.280. The van der Waals surface area contributed by atoms with Crippen LogP contribution in [0.1, 0.15) is 33.4 Å². The summed E-state index contributed by atoms with van der Waals surface area (Å²) < 4.78 is 9.33. The number of ether oxygens (including phenoxy) is 2. The molecular formula is C25H24O4. The summed E-state index contributed by atoms with van der Waals surface area (Å²) in [5.41, 5.74) is 7.83. The maximum atomic E-state index is 11.3. The molecule has 2 aliphatic carbocycles. The second-order valence-corrected chi connectivity index (χ2v) is 7.98. The smallest absolute Gasteiger partial charge is 0.330 e. The number of carbonyl (C=O) groups is 2. The van der Waals surface area contributed by atoms with Crippen molar-refractivity contribution in [1.29, 1.82) is 0 Å². The van der Waals surface area contributed by atoms with Crippen molar-refractivity contribution in [1.82, 2.24) is 0 Å². The molecule has 0 atom stereocenters. The molecule has 0 aromatic heterocycles. The molecule has 29 heavy (non-hydrogen) atoms. The monoisotopic (exact) mass is 388 g/mol. The third-order valence-electron chi connectivity index (χ3n) is 5.95. The molecule has 1 spiro atoms. The number of methoxy groups -OCH3 is 2. The maximum Gasteiger partial charge on any atom is 0.330 e. The van der Waals surface area contributed by atoms with Gasteiger partial charge in [-0.1, -0.05) is 36.4 Å². The SMILES string of the molecule is COC(=O)C=Cc1ccc2c(c1)CC1(C2)Cc2ccc(C=CC(=O)OC)cc2C1. The van der Waals surface area contributed by atoms with Crippen LogP contribution in [0.2, 0.25) is 0 Å². The van der Waals surface area contributed by atoms with Gasteiger partial charge in [0.25, 0.3) is 0 Å². The van der Waals surface area contributed by atoms with Crippen molar-refractivity contribution in [3.05, 3.63) is 81.9 Å². The molecule has 148 valence electrons. The first-order valence-corrected chi connectivity index (χ1v) is 9.76. The normalized spacial score (nSPS) is 19.7. The number of benzene rings is 2. The van der Waals surface area contributed by atoms with E-state index in [1.165, 1.54) is 48.6 Å². The van der Waals surface area contributed by atoms with Crippen LogP contribution >= 0.6 is 0 Å². The van der Waals surface area contributed by atoms with E-state index >= 15 is 0 Å². The Hall–Kier alpha value is -3.14. The molecule has 0 unspecified atom stereocenters. The average Bonchev–Trinajstić information content (AvgIpc) is 3.26. The Kier molecular flexibility index (Phi) is 5.10. The summed E-state index contributed by atoms with van der Waals surface area (Å²) in [6.45, 7) is 0. The lowest BCUT2D eigenvalue weighted by molar-refractivity contribution is -0.135. The van der Waals surface area contributed by atoms with Crippen LogP contribution in [0, 0.1) is 5.41 Å². The molecule has 4 rings (SSSR count). The van der Waals surface area contributed by atoms with Gasteiger partial charge in [-0.2, -0.15) is 0 Å². The molecule has 0 saturated heterocycles. The Labute approximate surface area is 170 Å². The van der Waals surface area contributed by atoms with Crippen LogP contribution in [0.5, 0.6) is 0 Å². The number of esters is 2. The summed E-state index contributed by atoms with van der Waals surface area (Å²) in [5.74, 6) is -0.685. The quantitative estimate of drug-likeness (QED) is 0.588. The van der Waals surface area contributed by atoms with E-state index in [1.54, 1.807) is 12.2 Å². The molecular weight excluding hydrogens is 364 g/mol. The van der Waals surface area contributed by atoms with Gasteiger partial charge in [0.2, 0.25) is 0 Å². The molecule has 0 amide bonds. The standard InChI is InChI=1S/C25H24O4/c1-28-23(26)9-5-17-3-7-19-13-25(15-21(19)11-17)14-20-8-4-18(12-22(20)16-25)6-10-24(27)29-2/h3-12H,13-16H2,1-2H3. The lowest BCUT2D eigenvalue weighted by Crippen LogP contribution is -2.21. The molecule has 0 heterocycles. The third-order valence-corrected chi connectivity index (χ3v) is 5.95. The Bertz CT molecular complexity index is 946. The maximum absolute atomic E-state index is 11.3. The number of rotatable bonds is 4. The van der Waals surface area contributed by atoms with Gasteiger partial charge in [-0.3, -0.25) is 0 Å². The minimum Gasteiger partial charge on any atom is -0.466 e. The topological polar surface area (TPSA) is 52.6 Å². The molecule has 0 fully saturated rings. The highest BCUT2D eigenvalue weighted by atomic mass is 16.5. The zero-order chi connectivity index (χ0) is 20.4. The van der Waals surface area contributed by atoms with Gasteiger partial charge in [0.1, 0.15) is 0 Å². The van der Waals surface area contributed by atoms with Gasteiger partial charge >= 0.3 is 11.9 Å². The second kappa shape index (κ2) is 7.70. The summed E-state index contributed by atoms with van der Waals surface area (Å²) in [7, 11) is 2.76. The van der Waals surface area contributed by atoms with E-state index in [0.717, 1.165) is 36.8 Å². The minimum atomic E-state index is -0.342. The number of fused-ring (bicyclic) bond motifs is 2. The lowest BCUT2D eigenvalue weighted by atomic mass is 9.82. The Morgan fingerprint density at radius 1 is 0.724 bits per heavy atom. The highest BCUT2D eigenvalue weighted by Crippen LogP contribution is 2.47. The van der Waals surface area contributed by atoms with Crippen LogP contribution in [0.25, 0.3) is 12.2 Å². The molecule has 0 bridgehead atoms. The number of carbonyl (C=O) groups excluding carboxylic acids is 2. The molecule has 4 heteroatoms. The van der Waals surface area contributed by atoms with Gasteiger partial charge in [-0.15, -0.1) is 0 Å². The second-order valence-electron chi connectivity index (χ2n) is 7.98. The van der Waals surface area contributed by atoms with Gasteiger partial charge in [0, 0.05) is 12.2 Å². The molecule has 2 aliphatic rings. The van der Waals surface area contributed by atoms with Gasteiger partial charge < -0.3 is 9.47 Å². The summed E-state index contributed by atoms with van der Waals surface area (Å²) in [6.07, 6.45) is 10.8. The van der Waals surface area contributed by atoms with Crippen molar-refractivity contribution in [3.8, 4) is 0 Å². The third kappa shape index (κ3) is 4.02. The van der Waals surface area contributed by atoms with Crippen LogP contribution < -0.4 is 0 Å². The Morgan fingerprint density at radius 2 is 1.14 bits per heavy atom. The zero-order valence-electron chi connectivity index (χ0n) is 16.7. The van der Waals surface area contributed by atoms with Crippen molar-refractivity contribution in [2.24, 2.45) is 5.41 Å². The van der Waals surface area contributed by atoms with Crippen LogP contribution in [0.3, 0.4) is 0 Å². The molecule has 0 radical (unpaired) electrons. The highest BCUT2D eigenvalue weighted by Gasteiger charge is 2.41. The van der Waals surface area contributed by atoms with E-state index < -0.39 is 0 Å². The van der Waals surface area contributed by atoms with Crippen LogP contribution in [-0.2, 0) is 44.7 Å². The first-order chi connectivity index (χ1) is 14.0. The molecule has 4 nitrogen and oxygen atoms in total. The van der Waals surface area contributed by atoms with E-state index in [0.29, 0.717) is 0 Å². The average molecular weight is 388 g/mol. The van der Waals surface area contributed by atoms with E-state index in [-0.39, 0.29) is 17.4 Å². The van der Waals surface area contributed by atoms with E-state index in [2.05, 4.69) is 45.9 Å². The zero-order valence-corrected chi connectivity index (χ0v) is 16.7. The first kappa shape index (κ1) is 19.2. The minimum absolute atomic E-state index is 0.236. The van der Waals surface area contributed by atoms with Gasteiger partial charge in [0.05, 0.1) is 14.2 Å². The van der Waals surface area contributed by atoms with Crippen molar-refractivity contribution < 1.29 is 19.1 Å². The Morgan fingerprint density at radius 3 is 1.55 bits per heavy atom. The summed E-state index contributed by atoms with van der Waals surface area (Å²) in [6, 6.07) is 12.9. The van der Waals surface area contributed by atoms with E-state index in [1.807, 2.05) is 0 Å². The summed E-state index contributed by atoms with van der Waals surface area (Å²) >= 11 is 0. The molecule has 2 aromatic rings. The molecule has 0 aliphatic heterocycles. The van der Waals surface area contributed by atoms with Crippen molar-refractivity contribution in [2.45, 2.75) is 25.7 Å². The van der Waals surface area contributed by atoms with E-state index in [4.69, 9.17) is 0 Å². The van der Waals surface area contributed by atoms with Gasteiger partial charge in [-0.25, -0.2) is 9.59 Å². The first-order valence-electron chi connectivity index (χ1n) is 9.76. The predicted molar refractivity (Wildman–Crippen MR) is 112 cm³/mol. The summed E-state index contributed by atoms with van der Waals surface area (Å²) in [5, 5.41) is 0. The summed E-state index contributed by atoms with van der Waals surface area (Å²) in [4.78, 5) is 22.7. The molecule has 2 aromatic carbocycles. The van der Waals surface area contributed by atoms with Crippen molar-refractivity contribution in [2.75, 3.05) is 14.2 Å². The molecule has 0 saturated carbocycles. The van der Waals surface area contributed by atoms with Crippen molar-refractivity contribution in [3.63, 3.8) is 0 Å². The highest BCUT2D eigenvalue weighted by molar-refractivity contribution is 5.87. The van der Waals surface area contributed by atoms with Gasteiger partial charge in [-0.05, 0) is 76.6 Å². The van der Waals surface area contributed by atoms with Crippen molar-refractivity contribution >= 4 is 24.1 Å². The van der Waals surface area contributed by atoms with E-state index in [9.17, 15) is 9.59 Å². The van der Waals surface area contributed by atoms with Crippen LogP contribution in [0.4, 0.5) is 0 Å². The number of hydrogen-bond acceptors (Lipinski definition) is 4.